The van der Waals surface area contributed by atoms with Gasteiger partial charge in [-0.1, -0.05) is 19.8 Å². The first-order valence-corrected chi connectivity index (χ1v) is 7.80. The van der Waals surface area contributed by atoms with Crippen molar-refractivity contribution in [3.05, 3.63) is 0 Å². The zero-order valence-electron chi connectivity index (χ0n) is 12.3. The second-order valence-corrected chi connectivity index (χ2v) is 6.18. The lowest BCUT2D eigenvalue weighted by molar-refractivity contribution is -0.0735. The number of hydrogen-bond donors (Lipinski definition) is 1. The van der Waals surface area contributed by atoms with Crippen LogP contribution in [0.25, 0.3) is 0 Å². The summed E-state index contributed by atoms with van der Waals surface area (Å²) in [7, 11) is 0. The molecule has 18 heavy (non-hydrogen) atoms. The van der Waals surface area contributed by atoms with E-state index in [9.17, 15) is 0 Å². The van der Waals surface area contributed by atoms with Crippen molar-refractivity contribution < 1.29 is 4.74 Å². The van der Waals surface area contributed by atoms with Gasteiger partial charge < -0.3 is 10.1 Å². The van der Waals surface area contributed by atoms with Crippen LogP contribution in [-0.4, -0.2) is 49.3 Å². The third-order valence-corrected chi connectivity index (χ3v) is 4.36. The standard InChI is InChI=1S/C15H30N2O/c1-4-16-15-8-6-5-7-14(15)11-17-9-12(2)18-13(3)10-17/h12-16H,4-11H2,1-3H3/t12-,13+,14?,15?. The molecule has 0 radical (unpaired) electrons. The lowest BCUT2D eigenvalue weighted by Crippen LogP contribution is -2.50. The molecule has 0 amide bonds. The number of rotatable bonds is 4. The van der Waals surface area contributed by atoms with E-state index >= 15 is 0 Å². The van der Waals surface area contributed by atoms with Gasteiger partial charge in [0.25, 0.3) is 0 Å². The van der Waals surface area contributed by atoms with E-state index in [1.165, 1.54) is 32.2 Å². The fourth-order valence-corrected chi connectivity index (χ4v) is 3.72. The molecule has 2 unspecified atom stereocenters. The monoisotopic (exact) mass is 254 g/mol. The van der Waals surface area contributed by atoms with Crippen LogP contribution in [0.1, 0.15) is 46.5 Å². The molecule has 1 heterocycles. The van der Waals surface area contributed by atoms with Gasteiger partial charge in [-0.25, -0.2) is 0 Å². The summed E-state index contributed by atoms with van der Waals surface area (Å²) in [5, 5.41) is 3.69. The van der Waals surface area contributed by atoms with Crippen LogP contribution in [0.2, 0.25) is 0 Å². The van der Waals surface area contributed by atoms with E-state index in [0.29, 0.717) is 12.2 Å². The number of nitrogens with one attached hydrogen (secondary N) is 1. The lowest BCUT2D eigenvalue weighted by atomic mass is 9.84. The lowest BCUT2D eigenvalue weighted by Gasteiger charge is -2.40. The molecule has 0 aromatic carbocycles. The molecule has 106 valence electrons. The highest BCUT2D eigenvalue weighted by Gasteiger charge is 2.29. The number of ether oxygens (including phenoxy) is 1. The smallest absolute Gasteiger partial charge is 0.0678 e. The predicted molar refractivity (Wildman–Crippen MR) is 75.9 cm³/mol. The molecule has 1 N–H and O–H groups in total. The van der Waals surface area contributed by atoms with Crippen LogP contribution in [0.15, 0.2) is 0 Å². The predicted octanol–water partition coefficient (Wildman–Crippen LogP) is 2.26. The van der Waals surface area contributed by atoms with E-state index in [0.717, 1.165) is 31.6 Å². The Morgan fingerprint density at radius 2 is 1.78 bits per heavy atom. The first kappa shape index (κ1) is 14.3. The minimum atomic E-state index is 0.398. The number of hydrogen-bond acceptors (Lipinski definition) is 3. The van der Waals surface area contributed by atoms with Crippen molar-refractivity contribution in [2.24, 2.45) is 5.92 Å². The van der Waals surface area contributed by atoms with Gasteiger partial charge in [0.05, 0.1) is 12.2 Å². The summed E-state index contributed by atoms with van der Waals surface area (Å²) >= 11 is 0. The van der Waals surface area contributed by atoms with Gasteiger partial charge in [0, 0.05) is 25.7 Å². The Morgan fingerprint density at radius 3 is 2.44 bits per heavy atom. The van der Waals surface area contributed by atoms with Crippen LogP contribution in [0, 0.1) is 5.92 Å². The summed E-state index contributed by atoms with van der Waals surface area (Å²) in [4.78, 5) is 2.62. The normalized spacial score (nSPS) is 38.8. The molecule has 3 nitrogen and oxygen atoms in total. The van der Waals surface area contributed by atoms with Crippen molar-refractivity contribution in [2.45, 2.75) is 64.7 Å². The Morgan fingerprint density at radius 1 is 1.11 bits per heavy atom. The molecule has 4 atom stereocenters. The minimum Gasteiger partial charge on any atom is -0.373 e. The summed E-state index contributed by atoms with van der Waals surface area (Å²) < 4.78 is 5.82. The van der Waals surface area contributed by atoms with Gasteiger partial charge in [0.15, 0.2) is 0 Å². The highest BCUT2D eigenvalue weighted by Crippen LogP contribution is 2.26. The van der Waals surface area contributed by atoms with Gasteiger partial charge >= 0.3 is 0 Å². The molecule has 0 aromatic heterocycles. The molecule has 0 bridgehead atoms. The topological polar surface area (TPSA) is 24.5 Å². The van der Waals surface area contributed by atoms with E-state index in [4.69, 9.17) is 4.74 Å². The first-order chi connectivity index (χ1) is 8.69. The molecule has 2 rings (SSSR count). The van der Waals surface area contributed by atoms with Crippen molar-refractivity contribution in [3.8, 4) is 0 Å². The number of morpholine rings is 1. The third-order valence-electron chi connectivity index (χ3n) is 4.36. The van der Waals surface area contributed by atoms with Gasteiger partial charge in [-0.2, -0.15) is 0 Å². The zero-order valence-corrected chi connectivity index (χ0v) is 12.3. The maximum Gasteiger partial charge on any atom is 0.0678 e. The molecule has 1 saturated heterocycles. The van der Waals surface area contributed by atoms with Crippen molar-refractivity contribution >= 4 is 0 Å². The van der Waals surface area contributed by atoms with Crippen molar-refractivity contribution in [1.29, 1.82) is 0 Å². The summed E-state index contributed by atoms with van der Waals surface area (Å²) in [5.74, 6) is 0.844. The molecule has 2 aliphatic rings. The Labute approximate surface area is 112 Å². The van der Waals surface area contributed by atoms with Gasteiger partial charge in [-0.3, -0.25) is 4.90 Å². The van der Waals surface area contributed by atoms with Crippen LogP contribution in [0.5, 0.6) is 0 Å². The van der Waals surface area contributed by atoms with E-state index in [-0.39, 0.29) is 0 Å². The quantitative estimate of drug-likeness (QED) is 0.833. The SMILES string of the molecule is CCNC1CCCCC1CN1C[C@@H](C)O[C@@H](C)C1. The Hall–Kier alpha value is -0.120. The van der Waals surface area contributed by atoms with Gasteiger partial charge in [-0.05, 0) is 39.2 Å². The Kier molecular flexibility index (Phi) is 5.46. The summed E-state index contributed by atoms with van der Waals surface area (Å²) in [6, 6.07) is 0.747. The van der Waals surface area contributed by atoms with Crippen LogP contribution >= 0.6 is 0 Å². The van der Waals surface area contributed by atoms with Gasteiger partial charge in [0.2, 0.25) is 0 Å². The Balaban J connectivity index is 1.85. The highest BCUT2D eigenvalue weighted by molar-refractivity contribution is 4.85. The van der Waals surface area contributed by atoms with Crippen molar-refractivity contribution in [3.63, 3.8) is 0 Å². The average Bonchev–Trinajstić information content (AvgIpc) is 2.30. The largest absolute Gasteiger partial charge is 0.373 e. The van der Waals surface area contributed by atoms with E-state index in [2.05, 4.69) is 31.0 Å². The van der Waals surface area contributed by atoms with Gasteiger partial charge in [0.1, 0.15) is 0 Å². The molecule has 1 saturated carbocycles. The summed E-state index contributed by atoms with van der Waals surface area (Å²) in [6.45, 7) is 11.2. The van der Waals surface area contributed by atoms with Crippen molar-refractivity contribution in [2.75, 3.05) is 26.2 Å². The molecule has 1 aliphatic carbocycles. The van der Waals surface area contributed by atoms with Crippen LogP contribution in [-0.2, 0) is 4.74 Å². The summed E-state index contributed by atoms with van der Waals surface area (Å²) in [5.41, 5.74) is 0. The summed E-state index contributed by atoms with van der Waals surface area (Å²) in [6.07, 6.45) is 6.39. The fourth-order valence-electron chi connectivity index (χ4n) is 3.72. The van der Waals surface area contributed by atoms with E-state index in [1.807, 2.05) is 0 Å². The maximum atomic E-state index is 5.82. The zero-order chi connectivity index (χ0) is 13.0. The fraction of sp³-hybridized carbons (Fsp3) is 1.00. The van der Waals surface area contributed by atoms with Crippen LogP contribution in [0.4, 0.5) is 0 Å². The molecule has 0 aromatic rings. The molecule has 3 heteroatoms. The molecule has 2 fully saturated rings. The van der Waals surface area contributed by atoms with Crippen LogP contribution in [0.3, 0.4) is 0 Å². The second-order valence-electron chi connectivity index (χ2n) is 6.18. The number of nitrogens with zero attached hydrogens (tertiary/aromatic N) is 1. The average molecular weight is 254 g/mol. The van der Waals surface area contributed by atoms with Crippen molar-refractivity contribution in [1.82, 2.24) is 10.2 Å². The van der Waals surface area contributed by atoms with E-state index < -0.39 is 0 Å². The van der Waals surface area contributed by atoms with Gasteiger partial charge in [-0.15, -0.1) is 0 Å². The second kappa shape index (κ2) is 6.88. The molecular weight excluding hydrogens is 224 g/mol. The third kappa shape index (κ3) is 3.94. The molecule has 1 aliphatic heterocycles. The first-order valence-electron chi connectivity index (χ1n) is 7.80. The Bertz CT molecular complexity index is 235. The van der Waals surface area contributed by atoms with Crippen LogP contribution < -0.4 is 5.32 Å². The molecule has 0 spiro atoms. The maximum absolute atomic E-state index is 5.82. The molecular formula is C15H30N2O. The minimum absolute atomic E-state index is 0.398. The van der Waals surface area contributed by atoms with E-state index in [1.54, 1.807) is 0 Å². The highest BCUT2D eigenvalue weighted by atomic mass is 16.5.